The third-order valence-corrected chi connectivity index (χ3v) is 5.57. The molecule has 0 bridgehead atoms. The van der Waals surface area contributed by atoms with Gasteiger partial charge in [-0.15, -0.1) is 0 Å². The van der Waals surface area contributed by atoms with Gasteiger partial charge in [0.1, 0.15) is 18.3 Å². The van der Waals surface area contributed by atoms with Crippen molar-refractivity contribution in [2.75, 3.05) is 18.7 Å². The Morgan fingerprint density at radius 3 is 2.84 bits per heavy atom. The normalized spacial score (nSPS) is 13.2. The molecule has 0 spiro atoms. The molecule has 1 aliphatic rings. The molecule has 0 aliphatic carbocycles. The van der Waals surface area contributed by atoms with Crippen molar-refractivity contribution >= 4 is 16.7 Å². The molecule has 2 aromatic carbocycles. The highest BCUT2D eigenvalue weighted by Crippen LogP contribution is 2.36. The van der Waals surface area contributed by atoms with Crippen molar-refractivity contribution in [2.45, 2.75) is 26.5 Å². The number of H-pyrrole nitrogens is 1. The van der Waals surface area contributed by atoms with Crippen LogP contribution in [0.3, 0.4) is 0 Å². The summed E-state index contributed by atoms with van der Waals surface area (Å²) in [7, 11) is 0. The highest BCUT2D eigenvalue weighted by Gasteiger charge is 2.22. The average molecular weight is 415 g/mol. The Kier molecular flexibility index (Phi) is 5.28. The number of anilines is 1. The van der Waals surface area contributed by atoms with E-state index in [9.17, 15) is 0 Å². The van der Waals surface area contributed by atoms with E-state index < -0.39 is 0 Å². The number of hydrogen-bond donors (Lipinski definition) is 3. The molecule has 2 aromatic heterocycles. The third kappa shape index (κ3) is 3.73. The fourth-order valence-electron chi connectivity index (χ4n) is 4.09. The lowest BCUT2D eigenvalue weighted by Gasteiger charge is -2.20. The highest BCUT2D eigenvalue weighted by molar-refractivity contribution is 5.99. The smallest absolute Gasteiger partial charge is 0.164 e. The number of aryl methyl sites for hydroxylation is 1. The van der Waals surface area contributed by atoms with Crippen molar-refractivity contribution in [3.63, 3.8) is 0 Å². The summed E-state index contributed by atoms with van der Waals surface area (Å²) in [6.07, 6.45) is 0.772. The number of para-hydroxylation sites is 1. The van der Waals surface area contributed by atoms with E-state index in [0.717, 1.165) is 51.4 Å². The number of aromatic amines is 1. The minimum atomic E-state index is 0.120. The lowest BCUT2D eigenvalue weighted by atomic mass is 10.1. The van der Waals surface area contributed by atoms with E-state index in [1.54, 1.807) is 0 Å². The summed E-state index contributed by atoms with van der Waals surface area (Å²) in [5, 5.41) is 4.53. The summed E-state index contributed by atoms with van der Waals surface area (Å²) in [5.74, 6) is 2.25. The number of nitrogens with one attached hydrogen (secondary N) is 2. The van der Waals surface area contributed by atoms with Crippen LogP contribution in [0.15, 0.2) is 48.5 Å². The van der Waals surface area contributed by atoms with E-state index in [-0.39, 0.29) is 6.73 Å². The topological polar surface area (TPSA) is 98.1 Å². The molecule has 158 valence electrons. The standard InChI is InChI=1S/C24H25N5O2/c1-15-21(17-8-5-9-20(31-14-25)22(17)27-15)24-28-19-10-11-30-13-18(19)23(29-24)26-12-16-6-3-2-4-7-16/h2-9,27H,10-14,25H2,1H3,(H,26,28,29). The van der Waals surface area contributed by atoms with Gasteiger partial charge >= 0.3 is 0 Å². The molecule has 0 saturated carbocycles. The molecule has 1 aliphatic heterocycles. The van der Waals surface area contributed by atoms with E-state index in [4.69, 9.17) is 25.2 Å². The van der Waals surface area contributed by atoms with E-state index >= 15 is 0 Å². The van der Waals surface area contributed by atoms with Gasteiger partial charge in [0, 0.05) is 35.2 Å². The minimum Gasteiger partial charge on any atom is -0.476 e. The summed E-state index contributed by atoms with van der Waals surface area (Å²) in [6, 6.07) is 16.2. The first-order valence-electron chi connectivity index (χ1n) is 10.4. The molecule has 4 N–H and O–H groups in total. The zero-order chi connectivity index (χ0) is 21.2. The Bertz CT molecular complexity index is 1220. The molecule has 3 heterocycles. The maximum atomic E-state index is 5.70. The van der Waals surface area contributed by atoms with Crippen LogP contribution in [0.1, 0.15) is 22.5 Å². The SMILES string of the molecule is Cc1[nH]c2c(OCN)cccc2c1-c1nc2c(c(NCc3ccccc3)n1)COCC2. The van der Waals surface area contributed by atoms with Crippen LogP contribution in [0, 0.1) is 6.92 Å². The van der Waals surface area contributed by atoms with Crippen molar-refractivity contribution in [2.24, 2.45) is 5.73 Å². The van der Waals surface area contributed by atoms with Gasteiger partial charge < -0.3 is 19.8 Å². The maximum absolute atomic E-state index is 5.70. The first-order chi connectivity index (χ1) is 15.2. The number of hydrogen-bond acceptors (Lipinski definition) is 6. The second-order valence-electron chi connectivity index (χ2n) is 7.58. The van der Waals surface area contributed by atoms with Gasteiger partial charge in [0.2, 0.25) is 0 Å². The summed E-state index contributed by atoms with van der Waals surface area (Å²) < 4.78 is 11.3. The molecule has 7 nitrogen and oxygen atoms in total. The lowest BCUT2D eigenvalue weighted by Crippen LogP contribution is -2.17. The van der Waals surface area contributed by atoms with Crippen LogP contribution in [-0.4, -0.2) is 28.3 Å². The second-order valence-corrected chi connectivity index (χ2v) is 7.58. The number of nitrogens with two attached hydrogens (primary N) is 1. The zero-order valence-electron chi connectivity index (χ0n) is 17.4. The highest BCUT2D eigenvalue weighted by atomic mass is 16.5. The summed E-state index contributed by atoms with van der Waals surface area (Å²) in [5.41, 5.74) is 11.8. The maximum Gasteiger partial charge on any atom is 0.164 e. The number of aromatic nitrogens is 3. The molecular weight excluding hydrogens is 390 g/mol. The Labute approximate surface area is 180 Å². The number of fused-ring (bicyclic) bond motifs is 2. The van der Waals surface area contributed by atoms with Gasteiger partial charge in [-0.1, -0.05) is 42.5 Å². The summed E-state index contributed by atoms with van der Waals surface area (Å²) in [4.78, 5) is 13.3. The molecule has 7 heteroatoms. The molecule has 0 amide bonds. The molecule has 0 unspecified atom stereocenters. The van der Waals surface area contributed by atoms with Crippen molar-refractivity contribution in [1.29, 1.82) is 0 Å². The van der Waals surface area contributed by atoms with E-state index in [0.29, 0.717) is 25.6 Å². The van der Waals surface area contributed by atoms with Gasteiger partial charge in [0.25, 0.3) is 0 Å². The van der Waals surface area contributed by atoms with Crippen LogP contribution < -0.4 is 15.8 Å². The summed E-state index contributed by atoms with van der Waals surface area (Å²) in [6.45, 7) is 4.03. The molecule has 0 saturated heterocycles. The Morgan fingerprint density at radius 1 is 1.13 bits per heavy atom. The molecule has 31 heavy (non-hydrogen) atoms. The first-order valence-corrected chi connectivity index (χ1v) is 10.4. The number of rotatable bonds is 6. The van der Waals surface area contributed by atoms with Crippen molar-refractivity contribution in [1.82, 2.24) is 15.0 Å². The first kappa shape index (κ1) is 19.5. The molecule has 5 rings (SSSR count). The predicted octanol–water partition coefficient (Wildman–Crippen LogP) is 3.91. The van der Waals surface area contributed by atoms with E-state index in [1.165, 1.54) is 5.56 Å². The monoisotopic (exact) mass is 415 g/mol. The fraction of sp³-hybridized carbons (Fsp3) is 0.250. The number of benzene rings is 2. The third-order valence-electron chi connectivity index (χ3n) is 5.57. The molecule has 0 fully saturated rings. The van der Waals surface area contributed by atoms with Crippen molar-refractivity contribution in [3.8, 4) is 17.1 Å². The van der Waals surface area contributed by atoms with Gasteiger partial charge in [-0.05, 0) is 18.6 Å². The number of ether oxygens (including phenoxy) is 2. The fourth-order valence-corrected chi connectivity index (χ4v) is 4.09. The summed E-state index contributed by atoms with van der Waals surface area (Å²) >= 11 is 0. The largest absolute Gasteiger partial charge is 0.476 e. The van der Waals surface area contributed by atoms with Crippen LogP contribution in [0.5, 0.6) is 5.75 Å². The minimum absolute atomic E-state index is 0.120. The number of nitrogens with zero attached hydrogens (tertiary/aromatic N) is 2. The molecule has 4 aromatic rings. The Balaban J connectivity index is 1.60. The quantitative estimate of drug-likeness (QED) is 0.413. The predicted molar refractivity (Wildman–Crippen MR) is 121 cm³/mol. The Hall–Kier alpha value is -3.42. The molecule has 0 radical (unpaired) electrons. The van der Waals surface area contributed by atoms with E-state index in [1.807, 2.05) is 37.3 Å². The van der Waals surface area contributed by atoms with Gasteiger partial charge in [-0.3, -0.25) is 5.73 Å². The van der Waals surface area contributed by atoms with Crippen LogP contribution in [-0.2, 0) is 24.3 Å². The molecule has 0 atom stereocenters. The van der Waals surface area contributed by atoms with Gasteiger partial charge in [0.15, 0.2) is 5.82 Å². The van der Waals surface area contributed by atoms with Crippen LogP contribution in [0.4, 0.5) is 5.82 Å². The molecular formula is C24H25N5O2. The van der Waals surface area contributed by atoms with Gasteiger partial charge in [-0.2, -0.15) is 0 Å². The van der Waals surface area contributed by atoms with E-state index in [2.05, 4.69) is 28.5 Å². The van der Waals surface area contributed by atoms with Crippen LogP contribution in [0.2, 0.25) is 0 Å². The van der Waals surface area contributed by atoms with Crippen molar-refractivity contribution < 1.29 is 9.47 Å². The van der Waals surface area contributed by atoms with Crippen LogP contribution >= 0.6 is 0 Å². The van der Waals surface area contributed by atoms with Gasteiger partial charge in [0.05, 0.1) is 24.4 Å². The average Bonchev–Trinajstić information content (AvgIpc) is 3.15. The van der Waals surface area contributed by atoms with Crippen LogP contribution in [0.25, 0.3) is 22.3 Å². The van der Waals surface area contributed by atoms with Crippen molar-refractivity contribution in [3.05, 3.63) is 71.0 Å². The lowest BCUT2D eigenvalue weighted by molar-refractivity contribution is 0.109. The zero-order valence-corrected chi connectivity index (χ0v) is 17.4. The van der Waals surface area contributed by atoms with Gasteiger partial charge in [-0.25, -0.2) is 9.97 Å². The Morgan fingerprint density at radius 2 is 2.00 bits per heavy atom. The second kappa shape index (κ2) is 8.37.